The van der Waals surface area contributed by atoms with E-state index in [2.05, 4.69) is 11.4 Å². The minimum absolute atomic E-state index is 0.0715. The lowest BCUT2D eigenvalue weighted by molar-refractivity contribution is -0.0113. The van der Waals surface area contributed by atoms with Crippen molar-refractivity contribution in [2.45, 2.75) is 90.3 Å². The molecule has 2 saturated heterocycles. The second kappa shape index (κ2) is 12.5. The van der Waals surface area contributed by atoms with Gasteiger partial charge in [-0.3, -0.25) is 14.5 Å². The molecule has 3 aliphatic rings. The van der Waals surface area contributed by atoms with E-state index in [0.29, 0.717) is 44.1 Å². The first kappa shape index (κ1) is 30.8. The highest BCUT2D eigenvalue weighted by atomic mass is 16.6. The van der Waals surface area contributed by atoms with Crippen LogP contribution in [0.4, 0.5) is 4.79 Å². The summed E-state index contributed by atoms with van der Waals surface area (Å²) in [6.07, 6.45) is 0.710. The van der Waals surface area contributed by atoms with Crippen molar-refractivity contribution < 1.29 is 33.7 Å². The lowest BCUT2D eigenvalue weighted by Crippen LogP contribution is -2.54. The number of aryl methyl sites for hydroxylation is 1. The number of carbonyl (C=O) groups is 3. The predicted octanol–water partition coefficient (Wildman–Crippen LogP) is 3.85. The van der Waals surface area contributed by atoms with Crippen LogP contribution >= 0.6 is 0 Å². The quantitative estimate of drug-likeness (QED) is 0.501. The summed E-state index contributed by atoms with van der Waals surface area (Å²) in [5.74, 6) is -0.226. The molecule has 2 aromatic carbocycles. The molecule has 3 aliphatic heterocycles. The highest BCUT2D eigenvalue weighted by molar-refractivity contribution is 6.00. The van der Waals surface area contributed by atoms with Gasteiger partial charge in [-0.05, 0) is 83.2 Å². The van der Waals surface area contributed by atoms with Crippen molar-refractivity contribution in [1.82, 2.24) is 15.1 Å². The molecule has 3 heterocycles. The molecule has 2 aromatic rings. The summed E-state index contributed by atoms with van der Waals surface area (Å²) in [5.41, 5.74) is 3.19. The van der Waals surface area contributed by atoms with Gasteiger partial charge in [0, 0.05) is 18.7 Å². The number of nitrogens with one attached hydrogen (secondary N) is 1. The number of fused-ring (bicyclic) bond motifs is 3. The third-order valence-corrected chi connectivity index (χ3v) is 8.32. The molecule has 4 atom stereocenters. The van der Waals surface area contributed by atoms with Crippen LogP contribution in [0.2, 0.25) is 0 Å². The maximum absolute atomic E-state index is 13.4. The van der Waals surface area contributed by atoms with E-state index in [4.69, 9.17) is 14.2 Å². The van der Waals surface area contributed by atoms with Gasteiger partial charge in [-0.1, -0.05) is 23.8 Å². The standard InChI is InChI=1S/C33H43N3O7/c1-6-42-29-15-21(31(39)36-24-10-11-25(36)19-41-18-24)9-12-26(29)30(38)34-16-28(37)27-14-23-13-20(2)7-8-22(23)17-35(27)32(40)43-33(3,4)5/h7-9,12-13,15,24-25,27-28,37H,6,10-11,14,16-19H2,1-5H3,(H,34,38)/t24?,25?,27-,28+/m0/s1. The number of hydrogen-bond donors (Lipinski definition) is 2. The molecule has 43 heavy (non-hydrogen) atoms. The first-order valence-electron chi connectivity index (χ1n) is 15.2. The third kappa shape index (κ3) is 6.80. The number of morpholine rings is 1. The molecule has 232 valence electrons. The molecule has 0 spiro atoms. The van der Waals surface area contributed by atoms with Crippen LogP contribution < -0.4 is 10.1 Å². The number of rotatable bonds is 7. The largest absolute Gasteiger partial charge is 0.493 e. The topological polar surface area (TPSA) is 118 Å². The van der Waals surface area contributed by atoms with E-state index in [9.17, 15) is 19.5 Å². The number of nitrogens with zero attached hydrogens (tertiary/aromatic N) is 2. The maximum atomic E-state index is 13.4. The average molecular weight is 594 g/mol. The van der Waals surface area contributed by atoms with Gasteiger partial charge in [0.15, 0.2) is 0 Å². The van der Waals surface area contributed by atoms with Gasteiger partial charge in [-0.15, -0.1) is 0 Å². The molecule has 5 rings (SSSR count). The Hall–Kier alpha value is -3.63. The van der Waals surface area contributed by atoms with Gasteiger partial charge in [0.25, 0.3) is 11.8 Å². The van der Waals surface area contributed by atoms with Crippen molar-refractivity contribution in [2.24, 2.45) is 0 Å². The van der Waals surface area contributed by atoms with Gasteiger partial charge in [-0.25, -0.2) is 4.79 Å². The van der Waals surface area contributed by atoms with Gasteiger partial charge >= 0.3 is 6.09 Å². The van der Waals surface area contributed by atoms with E-state index in [0.717, 1.165) is 29.5 Å². The first-order valence-corrected chi connectivity index (χ1v) is 15.2. The molecule has 2 bridgehead atoms. The van der Waals surface area contributed by atoms with Crippen molar-refractivity contribution in [2.75, 3.05) is 26.4 Å². The van der Waals surface area contributed by atoms with Gasteiger partial charge in [0.1, 0.15) is 11.4 Å². The van der Waals surface area contributed by atoms with Crippen LogP contribution in [0.1, 0.15) is 77.9 Å². The Morgan fingerprint density at radius 3 is 2.47 bits per heavy atom. The Morgan fingerprint density at radius 1 is 1.07 bits per heavy atom. The van der Waals surface area contributed by atoms with Crippen molar-refractivity contribution in [3.05, 3.63) is 64.2 Å². The normalized spacial score (nSPS) is 22.0. The summed E-state index contributed by atoms with van der Waals surface area (Å²) in [4.78, 5) is 43.4. The lowest BCUT2D eigenvalue weighted by Gasteiger charge is -2.40. The van der Waals surface area contributed by atoms with E-state index >= 15 is 0 Å². The maximum Gasteiger partial charge on any atom is 0.410 e. The highest BCUT2D eigenvalue weighted by Crippen LogP contribution is 2.32. The number of amides is 3. The molecule has 10 nitrogen and oxygen atoms in total. The summed E-state index contributed by atoms with van der Waals surface area (Å²) in [6.45, 7) is 10.8. The minimum Gasteiger partial charge on any atom is -0.493 e. The smallest absolute Gasteiger partial charge is 0.410 e. The zero-order chi connectivity index (χ0) is 30.9. The zero-order valence-corrected chi connectivity index (χ0v) is 25.7. The minimum atomic E-state index is -1.06. The van der Waals surface area contributed by atoms with Gasteiger partial charge in [-0.2, -0.15) is 0 Å². The number of carbonyl (C=O) groups excluding carboxylic acids is 3. The monoisotopic (exact) mass is 593 g/mol. The van der Waals surface area contributed by atoms with Gasteiger partial charge in [0.2, 0.25) is 0 Å². The Balaban J connectivity index is 1.30. The summed E-state index contributed by atoms with van der Waals surface area (Å²) in [6, 6.07) is 10.5. The summed E-state index contributed by atoms with van der Waals surface area (Å²) in [7, 11) is 0. The molecule has 3 amide bonds. The van der Waals surface area contributed by atoms with Crippen molar-refractivity contribution in [3.63, 3.8) is 0 Å². The fraction of sp³-hybridized carbons (Fsp3) is 0.545. The highest BCUT2D eigenvalue weighted by Gasteiger charge is 2.41. The number of benzene rings is 2. The molecule has 2 unspecified atom stereocenters. The molecule has 0 aliphatic carbocycles. The molecule has 0 saturated carbocycles. The molecule has 0 radical (unpaired) electrons. The molecular formula is C33H43N3O7. The second-order valence-corrected chi connectivity index (χ2v) is 12.7. The Labute approximate surface area is 253 Å². The average Bonchev–Trinajstić information content (AvgIpc) is 3.21. The van der Waals surface area contributed by atoms with Crippen LogP contribution in [0.15, 0.2) is 36.4 Å². The first-order chi connectivity index (χ1) is 20.4. The Kier molecular flexibility index (Phi) is 8.99. The van der Waals surface area contributed by atoms with Crippen LogP contribution in [0.3, 0.4) is 0 Å². The molecule has 0 aromatic heterocycles. The summed E-state index contributed by atoms with van der Waals surface area (Å²) in [5, 5.41) is 14.1. The molecule has 2 fully saturated rings. The molecular weight excluding hydrogens is 550 g/mol. The lowest BCUT2D eigenvalue weighted by atomic mass is 9.90. The van der Waals surface area contributed by atoms with E-state index in [1.165, 1.54) is 0 Å². The van der Waals surface area contributed by atoms with Crippen LogP contribution in [0, 0.1) is 6.92 Å². The molecule has 2 N–H and O–H groups in total. The van der Waals surface area contributed by atoms with E-state index in [1.54, 1.807) is 43.9 Å². The fourth-order valence-corrected chi connectivity index (χ4v) is 6.26. The van der Waals surface area contributed by atoms with Crippen LogP contribution in [0.25, 0.3) is 0 Å². The second-order valence-electron chi connectivity index (χ2n) is 12.7. The Bertz CT molecular complexity index is 1350. The van der Waals surface area contributed by atoms with Crippen LogP contribution in [-0.4, -0.2) is 89.0 Å². The number of aliphatic hydroxyl groups excluding tert-OH is 1. The predicted molar refractivity (Wildman–Crippen MR) is 160 cm³/mol. The number of ether oxygens (including phenoxy) is 3. The Morgan fingerprint density at radius 2 is 1.79 bits per heavy atom. The van der Waals surface area contributed by atoms with E-state index < -0.39 is 29.7 Å². The fourth-order valence-electron chi connectivity index (χ4n) is 6.26. The summed E-state index contributed by atoms with van der Waals surface area (Å²) < 4.78 is 17.1. The zero-order valence-electron chi connectivity index (χ0n) is 25.7. The summed E-state index contributed by atoms with van der Waals surface area (Å²) >= 11 is 0. The third-order valence-electron chi connectivity index (χ3n) is 8.32. The van der Waals surface area contributed by atoms with Gasteiger partial charge in [0.05, 0.1) is 49.6 Å². The SMILES string of the molecule is CCOc1cc(C(=O)N2C3CCC2COC3)ccc1C(=O)NC[C@@H](O)[C@@H]1Cc2cc(C)ccc2CN1C(=O)OC(C)(C)C. The van der Waals surface area contributed by atoms with Crippen molar-refractivity contribution >= 4 is 17.9 Å². The number of aliphatic hydroxyl groups is 1. The number of hydrogen-bond acceptors (Lipinski definition) is 7. The van der Waals surface area contributed by atoms with Crippen molar-refractivity contribution in [1.29, 1.82) is 0 Å². The molecule has 10 heteroatoms. The van der Waals surface area contributed by atoms with E-state index in [1.807, 2.05) is 30.9 Å². The van der Waals surface area contributed by atoms with Gasteiger partial charge < -0.3 is 29.5 Å². The van der Waals surface area contributed by atoms with Crippen LogP contribution in [0.5, 0.6) is 5.75 Å². The van der Waals surface area contributed by atoms with E-state index in [-0.39, 0.29) is 30.1 Å². The van der Waals surface area contributed by atoms with Crippen molar-refractivity contribution in [3.8, 4) is 5.75 Å². The van der Waals surface area contributed by atoms with Crippen LogP contribution in [-0.2, 0) is 22.4 Å².